The summed E-state index contributed by atoms with van der Waals surface area (Å²) in [5.41, 5.74) is 4.09. The van der Waals surface area contributed by atoms with E-state index in [9.17, 15) is 13.2 Å². The third kappa shape index (κ3) is 4.91. The normalized spacial score (nSPS) is 14.3. The molecule has 178 valence electrons. The Labute approximate surface area is 205 Å². The van der Waals surface area contributed by atoms with Gasteiger partial charge in [0.2, 0.25) is 0 Å². The van der Waals surface area contributed by atoms with Crippen molar-refractivity contribution in [1.82, 2.24) is 9.88 Å². The van der Waals surface area contributed by atoms with E-state index in [-0.39, 0.29) is 16.6 Å². The summed E-state index contributed by atoms with van der Waals surface area (Å²) < 4.78 is 26.3. The van der Waals surface area contributed by atoms with Crippen LogP contribution in [0.1, 0.15) is 21.5 Å². The number of amides is 1. The maximum atomic E-state index is 13.1. The molecule has 1 fully saturated rings. The molecule has 1 amide bonds. The molecule has 6 nitrogen and oxygen atoms in total. The van der Waals surface area contributed by atoms with E-state index in [1.54, 1.807) is 48.7 Å². The van der Waals surface area contributed by atoms with Crippen LogP contribution in [-0.4, -0.2) is 50.4 Å². The first kappa shape index (κ1) is 23.1. The van der Waals surface area contributed by atoms with Gasteiger partial charge in [-0.3, -0.25) is 9.78 Å². The minimum absolute atomic E-state index is 0.0267. The van der Waals surface area contributed by atoms with E-state index in [1.807, 2.05) is 17.0 Å². The minimum Gasteiger partial charge on any atom is -0.368 e. The van der Waals surface area contributed by atoms with Gasteiger partial charge < -0.3 is 9.80 Å². The van der Waals surface area contributed by atoms with Gasteiger partial charge in [-0.1, -0.05) is 48.0 Å². The zero-order valence-corrected chi connectivity index (χ0v) is 20.4. The van der Waals surface area contributed by atoms with Crippen LogP contribution in [0.25, 0.3) is 10.9 Å². The summed E-state index contributed by atoms with van der Waals surface area (Å²) in [5, 5.41) is 0.789. The number of hydrogen-bond donors (Lipinski definition) is 0. The predicted molar refractivity (Wildman–Crippen MR) is 138 cm³/mol. The van der Waals surface area contributed by atoms with E-state index >= 15 is 0 Å². The van der Waals surface area contributed by atoms with Gasteiger partial charge in [0.15, 0.2) is 9.84 Å². The van der Waals surface area contributed by atoms with Crippen LogP contribution in [-0.2, 0) is 15.6 Å². The van der Waals surface area contributed by atoms with Crippen LogP contribution in [0.3, 0.4) is 0 Å². The predicted octanol–water partition coefficient (Wildman–Crippen LogP) is 4.48. The number of anilines is 1. The monoisotopic (exact) mass is 485 g/mol. The molecule has 0 aliphatic carbocycles. The fraction of sp³-hybridized carbons (Fsp3) is 0.214. The van der Waals surface area contributed by atoms with Crippen molar-refractivity contribution in [3.8, 4) is 0 Å². The number of sulfone groups is 1. The van der Waals surface area contributed by atoms with E-state index in [2.05, 4.69) is 41.1 Å². The lowest BCUT2D eigenvalue weighted by molar-refractivity contribution is 0.0747. The van der Waals surface area contributed by atoms with Crippen LogP contribution in [0, 0.1) is 6.92 Å². The highest BCUT2D eigenvalue weighted by atomic mass is 32.2. The van der Waals surface area contributed by atoms with Gasteiger partial charge >= 0.3 is 0 Å². The number of pyridine rings is 1. The molecule has 1 aliphatic heterocycles. The molecule has 1 aliphatic rings. The molecule has 7 heteroatoms. The highest BCUT2D eigenvalue weighted by molar-refractivity contribution is 7.90. The lowest BCUT2D eigenvalue weighted by atomic mass is 10.1. The van der Waals surface area contributed by atoms with Crippen LogP contribution in [0.4, 0.5) is 5.69 Å². The highest BCUT2D eigenvalue weighted by Crippen LogP contribution is 2.24. The first-order chi connectivity index (χ1) is 16.9. The Hall–Kier alpha value is -3.71. The molecule has 0 bridgehead atoms. The van der Waals surface area contributed by atoms with Gasteiger partial charge in [0.05, 0.1) is 16.2 Å². The molecule has 3 aromatic carbocycles. The summed E-state index contributed by atoms with van der Waals surface area (Å²) in [7, 11) is -3.59. The maximum absolute atomic E-state index is 13.1. The van der Waals surface area contributed by atoms with Crippen molar-refractivity contribution in [2.45, 2.75) is 17.6 Å². The number of rotatable bonds is 5. The van der Waals surface area contributed by atoms with E-state index in [0.717, 1.165) is 18.5 Å². The van der Waals surface area contributed by atoms with Gasteiger partial charge in [-0.2, -0.15) is 0 Å². The smallest absolute Gasteiger partial charge is 0.253 e. The van der Waals surface area contributed by atoms with Gasteiger partial charge in [0.1, 0.15) is 0 Å². The first-order valence-corrected chi connectivity index (χ1v) is 13.3. The quantitative estimate of drug-likeness (QED) is 0.417. The fourth-order valence-electron chi connectivity index (χ4n) is 4.47. The molecule has 2 heterocycles. The number of carbonyl (C=O) groups excluding carboxylic acids is 1. The lowest BCUT2D eigenvalue weighted by Crippen LogP contribution is -2.48. The lowest BCUT2D eigenvalue weighted by Gasteiger charge is -2.36. The van der Waals surface area contributed by atoms with Crippen LogP contribution in [0.15, 0.2) is 90.0 Å². The van der Waals surface area contributed by atoms with E-state index < -0.39 is 9.84 Å². The van der Waals surface area contributed by atoms with Gasteiger partial charge in [0.25, 0.3) is 5.91 Å². The Morgan fingerprint density at radius 2 is 1.54 bits per heavy atom. The Kier molecular flexibility index (Phi) is 6.26. The maximum Gasteiger partial charge on any atom is 0.253 e. The number of nitrogens with zero attached hydrogens (tertiary/aromatic N) is 3. The fourth-order valence-corrected chi connectivity index (χ4v) is 6.01. The highest BCUT2D eigenvalue weighted by Gasteiger charge is 2.23. The molecular formula is C28H27N3O3S. The summed E-state index contributed by atoms with van der Waals surface area (Å²) in [6, 6.07) is 24.2. The second kappa shape index (κ2) is 9.50. The van der Waals surface area contributed by atoms with Crippen LogP contribution in [0.5, 0.6) is 0 Å². The van der Waals surface area contributed by atoms with E-state index in [0.29, 0.717) is 29.7 Å². The number of carbonyl (C=O) groups is 1. The minimum atomic E-state index is -3.59. The van der Waals surface area contributed by atoms with Gasteiger partial charge in [0, 0.05) is 49.0 Å². The van der Waals surface area contributed by atoms with Crippen molar-refractivity contribution in [3.05, 3.63) is 102 Å². The summed E-state index contributed by atoms with van der Waals surface area (Å²) in [6.07, 6.45) is 1.60. The zero-order valence-electron chi connectivity index (χ0n) is 19.6. The second-order valence-corrected chi connectivity index (χ2v) is 10.9. The third-order valence-corrected chi connectivity index (χ3v) is 8.17. The Morgan fingerprint density at radius 3 is 2.26 bits per heavy atom. The average Bonchev–Trinajstić information content (AvgIpc) is 2.89. The first-order valence-electron chi connectivity index (χ1n) is 11.7. The number of aromatic nitrogens is 1. The van der Waals surface area contributed by atoms with E-state index in [4.69, 9.17) is 0 Å². The molecular weight excluding hydrogens is 458 g/mol. The van der Waals surface area contributed by atoms with Gasteiger partial charge in [-0.05, 0) is 48.9 Å². The molecule has 35 heavy (non-hydrogen) atoms. The van der Waals surface area contributed by atoms with Crippen LogP contribution >= 0.6 is 0 Å². The Balaban J connectivity index is 1.25. The Bertz CT molecular complexity index is 1450. The van der Waals surface area contributed by atoms with Gasteiger partial charge in [-0.15, -0.1) is 0 Å². The zero-order chi connectivity index (χ0) is 24.4. The Morgan fingerprint density at radius 1 is 0.857 bits per heavy atom. The topological polar surface area (TPSA) is 70.6 Å². The molecule has 4 aromatic rings. The SMILES string of the molecule is Cc1ccc(N2CCN(C(=O)c3ccc(CS(=O)(=O)c4cccc5cccnc45)cc3)CC2)cc1. The van der Waals surface area contributed by atoms with Crippen molar-refractivity contribution >= 4 is 32.3 Å². The number of para-hydroxylation sites is 1. The largest absolute Gasteiger partial charge is 0.368 e. The number of benzene rings is 3. The summed E-state index contributed by atoms with van der Waals surface area (Å²) >= 11 is 0. The molecule has 0 atom stereocenters. The molecule has 5 rings (SSSR count). The second-order valence-electron chi connectivity index (χ2n) is 8.90. The molecule has 0 saturated carbocycles. The van der Waals surface area contributed by atoms with Gasteiger partial charge in [-0.25, -0.2) is 8.42 Å². The summed E-state index contributed by atoms with van der Waals surface area (Å²) in [6.45, 7) is 4.93. The van der Waals surface area contributed by atoms with E-state index in [1.165, 1.54) is 11.3 Å². The van der Waals surface area contributed by atoms with Crippen LogP contribution in [0.2, 0.25) is 0 Å². The van der Waals surface area contributed by atoms with Crippen molar-refractivity contribution in [1.29, 1.82) is 0 Å². The van der Waals surface area contributed by atoms with Crippen molar-refractivity contribution in [2.24, 2.45) is 0 Å². The number of hydrogen-bond acceptors (Lipinski definition) is 5. The van der Waals surface area contributed by atoms with Crippen molar-refractivity contribution in [2.75, 3.05) is 31.1 Å². The summed E-state index contributed by atoms with van der Waals surface area (Å²) in [4.78, 5) is 21.7. The molecule has 0 spiro atoms. The standard InChI is InChI=1S/C28H27N3O3S/c1-21-7-13-25(14-8-21)30-16-18-31(19-17-30)28(32)24-11-9-22(10-12-24)20-35(33,34)26-6-2-4-23-5-3-15-29-27(23)26/h2-15H,16-20H2,1H3. The average molecular weight is 486 g/mol. The van der Waals surface area contributed by atoms with Crippen molar-refractivity contribution < 1.29 is 13.2 Å². The summed E-state index contributed by atoms with van der Waals surface area (Å²) in [5.74, 6) is -0.173. The molecule has 0 unspecified atom stereocenters. The molecule has 1 saturated heterocycles. The number of fused-ring (bicyclic) bond motifs is 1. The third-order valence-electron chi connectivity index (χ3n) is 6.45. The molecule has 1 aromatic heterocycles. The van der Waals surface area contributed by atoms with Crippen LogP contribution < -0.4 is 4.90 Å². The molecule has 0 N–H and O–H groups in total. The van der Waals surface area contributed by atoms with Crippen molar-refractivity contribution in [3.63, 3.8) is 0 Å². The molecule has 0 radical (unpaired) electrons. The number of piperazine rings is 1. The number of aryl methyl sites for hydroxylation is 1.